The van der Waals surface area contributed by atoms with Crippen LogP contribution in [0.2, 0.25) is 0 Å². The molecule has 7 heteroatoms. The number of carbonyl (C=O) groups is 1. The average Bonchev–Trinajstić information content (AvgIpc) is 2.81. The number of nitrogens with one attached hydrogen (secondary N) is 1. The first kappa shape index (κ1) is 23.5. The Morgan fingerprint density at radius 2 is 1.53 bits per heavy atom. The molecule has 0 radical (unpaired) electrons. The SMILES string of the molecule is COc1ccc(CCNC(=O)CN(Cc2ccc(C)cc2)S(=O)(=O)c2ccccc2)cc1. The van der Waals surface area contributed by atoms with Crippen molar-refractivity contribution >= 4 is 15.9 Å². The Morgan fingerprint density at radius 1 is 0.906 bits per heavy atom. The topological polar surface area (TPSA) is 75.7 Å². The zero-order valence-corrected chi connectivity index (χ0v) is 19.1. The first-order valence-corrected chi connectivity index (χ1v) is 11.8. The summed E-state index contributed by atoms with van der Waals surface area (Å²) in [5.74, 6) is 0.431. The van der Waals surface area contributed by atoms with E-state index in [1.807, 2.05) is 55.5 Å². The van der Waals surface area contributed by atoms with Crippen LogP contribution in [0.3, 0.4) is 0 Å². The zero-order valence-electron chi connectivity index (χ0n) is 18.3. The van der Waals surface area contributed by atoms with E-state index >= 15 is 0 Å². The van der Waals surface area contributed by atoms with Gasteiger partial charge in [-0.3, -0.25) is 4.79 Å². The summed E-state index contributed by atoms with van der Waals surface area (Å²) in [6.45, 7) is 2.24. The summed E-state index contributed by atoms with van der Waals surface area (Å²) in [5.41, 5.74) is 2.96. The molecule has 0 aliphatic heterocycles. The van der Waals surface area contributed by atoms with Crippen LogP contribution >= 0.6 is 0 Å². The van der Waals surface area contributed by atoms with Gasteiger partial charge in [0.05, 0.1) is 18.6 Å². The Morgan fingerprint density at radius 3 is 2.16 bits per heavy atom. The maximum absolute atomic E-state index is 13.2. The fourth-order valence-electron chi connectivity index (χ4n) is 3.22. The minimum atomic E-state index is -3.83. The van der Waals surface area contributed by atoms with Crippen LogP contribution in [0.15, 0.2) is 83.8 Å². The highest BCUT2D eigenvalue weighted by atomic mass is 32.2. The van der Waals surface area contributed by atoms with E-state index in [0.29, 0.717) is 13.0 Å². The summed E-state index contributed by atoms with van der Waals surface area (Å²) in [6.07, 6.45) is 0.638. The molecule has 1 amide bonds. The largest absolute Gasteiger partial charge is 0.497 e. The molecule has 0 bridgehead atoms. The van der Waals surface area contributed by atoms with Gasteiger partial charge in [-0.15, -0.1) is 0 Å². The number of ether oxygens (including phenoxy) is 1. The quantitative estimate of drug-likeness (QED) is 0.510. The van der Waals surface area contributed by atoms with Crippen molar-refractivity contribution in [3.8, 4) is 5.75 Å². The normalized spacial score (nSPS) is 11.3. The minimum absolute atomic E-state index is 0.114. The standard InChI is InChI=1S/C25H28N2O4S/c1-20-8-10-22(11-9-20)18-27(32(29,30)24-6-4-3-5-7-24)19-25(28)26-17-16-21-12-14-23(31-2)15-13-21/h3-15H,16-19H2,1-2H3,(H,26,28). The van der Waals surface area contributed by atoms with Gasteiger partial charge in [-0.05, 0) is 48.7 Å². The van der Waals surface area contributed by atoms with Gasteiger partial charge in [0.2, 0.25) is 15.9 Å². The van der Waals surface area contributed by atoms with Crippen molar-refractivity contribution in [2.24, 2.45) is 0 Å². The summed E-state index contributed by atoms with van der Waals surface area (Å²) < 4.78 is 32.8. The monoisotopic (exact) mass is 452 g/mol. The van der Waals surface area contributed by atoms with Crippen LogP contribution in [0.4, 0.5) is 0 Å². The van der Waals surface area contributed by atoms with Gasteiger partial charge in [0.25, 0.3) is 0 Å². The molecule has 0 fully saturated rings. The maximum Gasteiger partial charge on any atom is 0.243 e. The van der Waals surface area contributed by atoms with E-state index in [0.717, 1.165) is 22.4 Å². The first-order valence-electron chi connectivity index (χ1n) is 10.4. The van der Waals surface area contributed by atoms with Crippen molar-refractivity contribution in [2.75, 3.05) is 20.2 Å². The molecule has 168 valence electrons. The van der Waals surface area contributed by atoms with Crippen molar-refractivity contribution in [2.45, 2.75) is 24.8 Å². The molecular formula is C25H28N2O4S. The number of hydrogen-bond acceptors (Lipinski definition) is 4. The molecule has 0 aliphatic rings. The van der Waals surface area contributed by atoms with Crippen molar-refractivity contribution in [1.29, 1.82) is 0 Å². The Kier molecular flexibility index (Phi) is 8.03. The Hall–Kier alpha value is -3.16. The van der Waals surface area contributed by atoms with Crippen LogP contribution < -0.4 is 10.1 Å². The summed E-state index contributed by atoms with van der Waals surface area (Å²) in [4.78, 5) is 12.8. The highest BCUT2D eigenvalue weighted by molar-refractivity contribution is 7.89. The van der Waals surface area contributed by atoms with Gasteiger partial charge in [-0.25, -0.2) is 8.42 Å². The number of aryl methyl sites for hydroxylation is 1. The fraction of sp³-hybridized carbons (Fsp3) is 0.240. The maximum atomic E-state index is 13.2. The van der Waals surface area contributed by atoms with Crippen LogP contribution in [-0.2, 0) is 27.8 Å². The van der Waals surface area contributed by atoms with Crippen LogP contribution in [0.25, 0.3) is 0 Å². The molecule has 0 unspecified atom stereocenters. The van der Waals surface area contributed by atoms with Crippen LogP contribution in [0.1, 0.15) is 16.7 Å². The van der Waals surface area contributed by atoms with Crippen molar-refractivity contribution in [3.05, 3.63) is 95.6 Å². The molecule has 0 heterocycles. The van der Waals surface area contributed by atoms with E-state index in [2.05, 4.69) is 5.32 Å². The van der Waals surface area contributed by atoms with Crippen LogP contribution in [0.5, 0.6) is 5.75 Å². The predicted octanol–water partition coefficient (Wildman–Crippen LogP) is 3.55. The lowest BCUT2D eigenvalue weighted by atomic mass is 10.1. The third-order valence-electron chi connectivity index (χ3n) is 5.08. The molecule has 0 aromatic heterocycles. The average molecular weight is 453 g/mol. The van der Waals surface area contributed by atoms with E-state index in [1.54, 1.807) is 37.4 Å². The van der Waals surface area contributed by atoms with Crippen LogP contribution in [-0.4, -0.2) is 38.8 Å². The van der Waals surface area contributed by atoms with Crippen molar-refractivity contribution in [1.82, 2.24) is 9.62 Å². The second-order valence-electron chi connectivity index (χ2n) is 7.52. The number of rotatable bonds is 10. The molecule has 0 saturated carbocycles. The Balaban J connectivity index is 1.68. The molecule has 3 rings (SSSR count). The van der Waals surface area contributed by atoms with Gasteiger partial charge >= 0.3 is 0 Å². The lowest BCUT2D eigenvalue weighted by molar-refractivity contribution is -0.121. The number of methoxy groups -OCH3 is 1. The molecule has 3 aromatic rings. The Labute approximate surface area is 189 Å². The molecule has 3 aromatic carbocycles. The second-order valence-corrected chi connectivity index (χ2v) is 9.46. The van der Waals surface area contributed by atoms with Gasteiger partial charge in [0.15, 0.2) is 0 Å². The molecule has 0 atom stereocenters. The lowest BCUT2D eigenvalue weighted by Crippen LogP contribution is -2.40. The molecule has 6 nitrogen and oxygen atoms in total. The van der Waals surface area contributed by atoms with Gasteiger partial charge < -0.3 is 10.1 Å². The fourth-order valence-corrected chi connectivity index (χ4v) is 4.62. The van der Waals surface area contributed by atoms with Gasteiger partial charge in [-0.2, -0.15) is 4.31 Å². The van der Waals surface area contributed by atoms with Gasteiger partial charge in [0.1, 0.15) is 5.75 Å². The van der Waals surface area contributed by atoms with Crippen molar-refractivity contribution < 1.29 is 17.9 Å². The molecular weight excluding hydrogens is 424 g/mol. The smallest absolute Gasteiger partial charge is 0.243 e. The molecule has 0 saturated heterocycles. The number of carbonyl (C=O) groups excluding carboxylic acids is 1. The summed E-state index contributed by atoms with van der Waals surface area (Å²) in [6, 6.07) is 23.4. The van der Waals surface area contributed by atoms with Gasteiger partial charge in [-0.1, -0.05) is 60.2 Å². The molecule has 0 spiro atoms. The Bertz CT molecular complexity index is 1110. The summed E-state index contributed by atoms with van der Waals surface area (Å²) >= 11 is 0. The lowest BCUT2D eigenvalue weighted by Gasteiger charge is -2.22. The van der Waals surface area contributed by atoms with E-state index in [1.165, 1.54) is 4.31 Å². The zero-order chi connectivity index (χ0) is 23.0. The number of nitrogens with zero attached hydrogens (tertiary/aromatic N) is 1. The summed E-state index contributed by atoms with van der Waals surface area (Å²) in [7, 11) is -2.22. The highest BCUT2D eigenvalue weighted by Crippen LogP contribution is 2.18. The second kappa shape index (κ2) is 10.9. The van der Waals surface area contributed by atoms with E-state index in [9.17, 15) is 13.2 Å². The molecule has 1 N–H and O–H groups in total. The molecule has 32 heavy (non-hydrogen) atoms. The van der Waals surface area contributed by atoms with Crippen molar-refractivity contribution in [3.63, 3.8) is 0 Å². The number of hydrogen-bond donors (Lipinski definition) is 1. The van der Waals surface area contributed by atoms with Gasteiger partial charge in [0, 0.05) is 13.1 Å². The first-order chi connectivity index (χ1) is 15.4. The van der Waals surface area contributed by atoms with E-state index < -0.39 is 10.0 Å². The highest BCUT2D eigenvalue weighted by Gasteiger charge is 2.26. The number of amides is 1. The predicted molar refractivity (Wildman–Crippen MR) is 125 cm³/mol. The van der Waals surface area contributed by atoms with E-state index in [-0.39, 0.29) is 23.9 Å². The van der Waals surface area contributed by atoms with Crippen LogP contribution in [0, 0.1) is 6.92 Å². The molecule has 0 aliphatic carbocycles. The number of benzene rings is 3. The third kappa shape index (κ3) is 6.42. The number of sulfonamides is 1. The third-order valence-corrected chi connectivity index (χ3v) is 6.88. The minimum Gasteiger partial charge on any atom is -0.497 e. The summed E-state index contributed by atoms with van der Waals surface area (Å²) in [5, 5.41) is 2.83. The van der Waals surface area contributed by atoms with E-state index in [4.69, 9.17) is 4.74 Å².